The Morgan fingerprint density at radius 3 is 1.00 bits per heavy atom. The van der Waals surface area contributed by atoms with Crippen LogP contribution in [0.1, 0.15) is 155 Å². The summed E-state index contributed by atoms with van der Waals surface area (Å²) in [5.41, 5.74) is 22.3. The van der Waals surface area contributed by atoms with Crippen LogP contribution in [0.5, 0.6) is 0 Å². The van der Waals surface area contributed by atoms with Gasteiger partial charge >= 0.3 is 0 Å². The molecule has 2 nitrogen and oxygen atoms in total. The maximum absolute atomic E-state index is 5.99. The second kappa shape index (κ2) is 20.7. The molecule has 0 saturated heterocycles. The van der Waals surface area contributed by atoms with Gasteiger partial charge in [-0.15, -0.1) is 0 Å². The zero-order valence-corrected chi connectivity index (χ0v) is 29.6. The highest BCUT2D eigenvalue weighted by molar-refractivity contribution is 5.44. The fourth-order valence-electron chi connectivity index (χ4n) is 7.08. The maximum atomic E-state index is 5.99. The Morgan fingerprint density at radius 1 is 0.362 bits per heavy atom. The minimum atomic E-state index is 0.457. The van der Waals surface area contributed by atoms with Crippen molar-refractivity contribution in [2.45, 2.75) is 135 Å². The smallest absolute Gasteiger partial charge is 0.0314 e. The van der Waals surface area contributed by atoms with E-state index in [1.54, 1.807) is 0 Å². The lowest BCUT2D eigenvalue weighted by atomic mass is 9.86. The van der Waals surface area contributed by atoms with Gasteiger partial charge in [-0.1, -0.05) is 157 Å². The van der Waals surface area contributed by atoms with Crippen LogP contribution in [0.4, 0.5) is 11.4 Å². The summed E-state index contributed by atoms with van der Waals surface area (Å²) in [6.45, 7) is 4.57. The molecule has 4 N–H and O–H groups in total. The van der Waals surface area contributed by atoms with Crippen LogP contribution in [-0.4, -0.2) is 0 Å². The highest BCUT2D eigenvalue weighted by atomic mass is 14.5. The third kappa shape index (κ3) is 12.5. The Morgan fingerprint density at radius 2 is 0.660 bits per heavy atom. The van der Waals surface area contributed by atoms with Crippen LogP contribution in [0.15, 0.2) is 97.1 Å². The standard InChI is InChI=1S/C45H62N2/c1-3-5-7-14-18-44(40-28-32-42(46)33-29-40)38-24-20-36(21-25-38)16-12-10-9-11-13-17-37-22-26-39(27-23-37)45(19-15-8-6-4-2)41-30-34-43(47)35-31-41/h20-35,44-45H,3-19,46-47H2,1-2H3. The van der Waals surface area contributed by atoms with Gasteiger partial charge in [0.15, 0.2) is 0 Å². The number of nitrogen functional groups attached to an aromatic ring is 2. The number of rotatable bonds is 22. The number of unbranched alkanes of at least 4 members (excludes halogenated alkanes) is 10. The fourth-order valence-corrected chi connectivity index (χ4v) is 7.08. The van der Waals surface area contributed by atoms with Crippen molar-refractivity contribution in [3.63, 3.8) is 0 Å². The lowest BCUT2D eigenvalue weighted by Gasteiger charge is -2.19. The second-order valence-electron chi connectivity index (χ2n) is 13.9. The van der Waals surface area contributed by atoms with Crippen LogP contribution < -0.4 is 11.5 Å². The highest BCUT2D eigenvalue weighted by Crippen LogP contribution is 2.32. The first-order chi connectivity index (χ1) is 23.1. The predicted octanol–water partition coefficient (Wildman–Crippen LogP) is 12.8. The van der Waals surface area contributed by atoms with E-state index in [0.717, 1.165) is 11.4 Å². The van der Waals surface area contributed by atoms with Crippen molar-refractivity contribution in [1.82, 2.24) is 0 Å². The number of anilines is 2. The molecule has 0 aliphatic heterocycles. The van der Waals surface area contributed by atoms with Crippen molar-refractivity contribution in [1.29, 1.82) is 0 Å². The molecule has 2 heteroatoms. The van der Waals surface area contributed by atoms with Gasteiger partial charge in [0.2, 0.25) is 0 Å². The summed E-state index contributed by atoms with van der Waals surface area (Å²) < 4.78 is 0. The second-order valence-corrected chi connectivity index (χ2v) is 13.9. The van der Waals surface area contributed by atoms with E-state index in [-0.39, 0.29) is 0 Å². The molecule has 0 aromatic heterocycles. The van der Waals surface area contributed by atoms with Crippen LogP contribution in [0.3, 0.4) is 0 Å². The van der Waals surface area contributed by atoms with Gasteiger partial charge in [0.1, 0.15) is 0 Å². The highest BCUT2D eigenvalue weighted by Gasteiger charge is 2.15. The van der Waals surface area contributed by atoms with E-state index >= 15 is 0 Å². The third-order valence-electron chi connectivity index (χ3n) is 10.1. The number of benzene rings is 4. The molecule has 0 bridgehead atoms. The van der Waals surface area contributed by atoms with Gasteiger partial charge in [-0.25, -0.2) is 0 Å². The van der Waals surface area contributed by atoms with E-state index in [1.807, 2.05) is 24.3 Å². The topological polar surface area (TPSA) is 52.0 Å². The van der Waals surface area contributed by atoms with Crippen molar-refractivity contribution >= 4 is 11.4 Å². The zero-order valence-electron chi connectivity index (χ0n) is 29.6. The number of hydrogen-bond donors (Lipinski definition) is 2. The Bertz CT molecular complexity index is 1260. The number of hydrogen-bond acceptors (Lipinski definition) is 2. The van der Waals surface area contributed by atoms with Crippen molar-refractivity contribution in [2.24, 2.45) is 0 Å². The molecule has 2 atom stereocenters. The molecule has 47 heavy (non-hydrogen) atoms. The summed E-state index contributed by atoms with van der Waals surface area (Å²) in [5.74, 6) is 0.914. The van der Waals surface area contributed by atoms with Gasteiger partial charge < -0.3 is 11.5 Å². The molecule has 252 valence electrons. The van der Waals surface area contributed by atoms with Crippen LogP contribution >= 0.6 is 0 Å². The van der Waals surface area contributed by atoms with E-state index in [4.69, 9.17) is 11.5 Å². The number of nitrogens with two attached hydrogens (primary N) is 2. The third-order valence-corrected chi connectivity index (χ3v) is 10.1. The zero-order chi connectivity index (χ0) is 33.1. The quantitative estimate of drug-likeness (QED) is 0.0670. The monoisotopic (exact) mass is 630 g/mol. The summed E-state index contributed by atoms with van der Waals surface area (Å²) in [6, 6.07) is 36.1. The van der Waals surface area contributed by atoms with E-state index in [9.17, 15) is 0 Å². The van der Waals surface area contributed by atoms with E-state index in [1.165, 1.54) is 143 Å². The molecule has 0 heterocycles. The molecule has 0 aliphatic carbocycles. The summed E-state index contributed by atoms with van der Waals surface area (Å²) >= 11 is 0. The average Bonchev–Trinajstić information content (AvgIpc) is 3.10. The molecule has 0 amide bonds. The van der Waals surface area contributed by atoms with Crippen LogP contribution in [0.25, 0.3) is 0 Å². The fraction of sp³-hybridized carbons (Fsp3) is 0.467. The van der Waals surface area contributed by atoms with E-state index in [0.29, 0.717) is 11.8 Å². The number of aryl methyl sites for hydroxylation is 2. The van der Waals surface area contributed by atoms with Gasteiger partial charge in [0, 0.05) is 23.2 Å². The Labute approximate surface area is 287 Å². The SMILES string of the molecule is CCCCCCC(c1ccc(N)cc1)c1ccc(CCCCCCCc2ccc(C(CCCCCC)c3ccc(N)cc3)cc2)cc1. The molecule has 0 fully saturated rings. The largest absolute Gasteiger partial charge is 0.399 e. The lowest BCUT2D eigenvalue weighted by molar-refractivity contribution is 0.595. The first kappa shape index (κ1) is 36.3. The van der Waals surface area contributed by atoms with Gasteiger partial charge in [0.05, 0.1) is 0 Å². The molecule has 0 saturated carbocycles. The maximum Gasteiger partial charge on any atom is 0.0314 e. The normalized spacial score (nSPS) is 12.6. The van der Waals surface area contributed by atoms with Gasteiger partial charge in [-0.2, -0.15) is 0 Å². The molecule has 4 rings (SSSR count). The molecule has 4 aromatic carbocycles. The van der Waals surface area contributed by atoms with Crippen LogP contribution in [0, 0.1) is 0 Å². The summed E-state index contributed by atoms with van der Waals surface area (Å²) in [6.07, 6.45) is 21.7. The Hall–Kier alpha value is -3.52. The average molecular weight is 631 g/mol. The van der Waals surface area contributed by atoms with E-state index < -0.39 is 0 Å². The summed E-state index contributed by atoms with van der Waals surface area (Å²) in [5, 5.41) is 0. The first-order valence-electron chi connectivity index (χ1n) is 19.0. The van der Waals surface area contributed by atoms with Crippen molar-refractivity contribution < 1.29 is 0 Å². The molecule has 0 aliphatic rings. The van der Waals surface area contributed by atoms with Crippen molar-refractivity contribution in [2.75, 3.05) is 11.5 Å². The molecule has 2 unspecified atom stereocenters. The molecule has 0 radical (unpaired) electrons. The minimum Gasteiger partial charge on any atom is -0.399 e. The molecule has 4 aromatic rings. The Kier molecular flexibility index (Phi) is 16.0. The van der Waals surface area contributed by atoms with E-state index in [2.05, 4.69) is 86.6 Å². The van der Waals surface area contributed by atoms with Crippen molar-refractivity contribution in [3.8, 4) is 0 Å². The van der Waals surface area contributed by atoms with Crippen molar-refractivity contribution in [3.05, 3.63) is 130 Å². The summed E-state index contributed by atoms with van der Waals surface area (Å²) in [4.78, 5) is 0. The predicted molar refractivity (Wildman–Crippen MR) is 206 cm³/mol. The minimum absolute atomic E-state index is 0.457. The van der Waals surface area contributed by atoms with Crippen LogP contribution in [0.2, 0.25) is 0 Å². The van der Waals surface area contributed by atoms with Crippen LogP contribution in [-0.2, 0) is 12.8 Å². The summed E-state index contributed by atoms with van der Waals surface area (Å²) in [7, 11) is 0. The first-order valence-corrected chi connectivity index (χ1v) is 19.0. The van der Waals surface area contributed by atoms with Gasteiger partial charge in [-0.3, -0.25) is 0 Å². The Balaban J connectivity index is 1.18. The molecular weight excluding hydrogens is 569 g/mol. The lowest BCUT2D eigenvalue weighted by Crippen LogP contribution is -2.02. The van der Waals surface area contributed by atoms with Gasteiger partial charge in [-0.05, 0) is 96.2 Å². The van der Waals surface area contributed by atoms with Gasteiger partial charge in [0.25, 0.3) is 0 Å². The molecule has 0 spiro atoms. The molecular formula is C45H62N2.